The number of nitrogens with one attached hydrogen (secondary N) is 1. The second-order valence-corrected chi connectivity index (χ2v) is 6.20. The van der Waals surface area contributed by atoms with Crippen molar-refractivity contribution in [3.05, 3.63) is 18.2 Å². The molecule has 2 amide bonds. The van der Waals surface area contributed by atoms with Crippen LogP contribution in [0.2, 0.25) is 0 Å². The number of hydrogen-bond donors (Lipinski definition) is 1. The molecular weight excluding hydrogens is 296 g/mol. The fourth-order valence-corrected chi connectivity index (χ4v) is 3.31. The Labute approximate surface area is 136 Å². The number of carbonyl (C=O) groups excluding carboxylic acids is 2. The molecule has 3 heterocycles. The number of nitrogens with zero attached hydrogens (tertiary/aromatic N) is 3. The number of imidazole rings is 1. The number of ether oxygens (including phenoxy) is 1. The number of piperidine rings is 1. The van der Waals surface area contributed by atoms with Crippen LogP contribution in [-0.4, -0.2) is 52.2 Å². The number of rotatable bonds is 3. The standard InChI is InChI=1S/C16H24N4O3/c1-2-23-16(22)20-8-4-13(5-9-20)18-15(21)12-3-7-19-10-6-17-14(19)11-12/h6,10,12-13H,2-5,7-9,11H2,1H3,(H,18,21). The number of likely N-dealkylation sites (tertiary alicyclic amines) is 1. The van der Waals surface area contributed by atoms with Crippen LogP contribution in [0.3, 0.4) is 0 Å². The number of carbonyl (C=O) groups is 2. The van der Waals surface area contributed by atoms with Gasteiger partial charge in [0.05, 0.1) is 6.61 Å². The summed E-state index contributed by atoms with van der Waals surface area (Å²) < 4.78 is 7.12. The monoisotopic (exact) mass is 320 g/mol. The first-order chi connectivity index (χ1) is 11.2. The van der Waals surface area contributed by atoms with Gasteiger partial charge in [0, 0.05) is 50.4 Å². The molecule has 0 aliphatic carbocycles. The van der Waals surface area contributed by atoms with Crippen LogP contribution in [0.5, 0.6) is 0 Å². The van der Waals surface area contributed by atoms with Crippen molar-refractivity contribution in [1.29, 1.82) is 0 Å². The molecule has 2 aliphatic heterocycles. The molecule has 0 spiro atoms. The van der Waals surface area contributed by atoms with Gasteiger partial charge in [0.1, 0.15) is 5.82 Å². The van der Waals surface area contributed by atoms with Gasteiger partial charge in [0.25, 0.3) is 0 Å². The third kappa shape index (κ3) is 3.65. The largest absolute Gasteiger partial charge is 0.450 e. The van der Waals surface area contributed by atoms with Crippen molar-refractivity contribution in [3.63, 3.8) is 0 Å². The average molecular weight is 320 g/mol. The molecule has 1 aromatic rings. The van der Waals surface area contributed by atoms with Crippen LogP contribution in [0.15, 0.2) is 12.4 Å². The zero-order valence-electron chi connectivity index (χ0n) is 13.5. The van der Waals surface area contributed by atoms with Crippen LogP contribution in [0.4, 0.5) is 4.79 Å². The predicted molar refractivity (Wildman–Crippen MR) is 83.8 cm³/mol. The Kier molecular flexibility index (Phi) is 4.83. The zero-order valence-corrected chi connectivity index (χ0v) is 13.5. The van der Waals surface area contributed by atoms with Crippen molar-refractivity contribution in [2.45, 2.75) is 45.2 Å². The fourth-order valence-electron chi connectivity index (χ4n) is 3.31. The molecular formula is C16H24N4O3. The zero-order chi connectivity index (χ0) is 16.2. The summed E-state index contributed by atoms with van der Waals surface area (Å²) in [5, 5.41) is 3.15. The molecule has 1 fully saturated rings. The minimum absolute atomic E-state index is 0.00739. The van der Waals surface area contributed by atoms with Crippen molar-refractivity contribution < 1.29 is 14.3 Å². The smallest absolute Gasteiger partial charge is 0.409 e. The molecule has 126 valence electrons. The van der Waals surface area contributed by atoms with E-state index in [9.17, 15) is 9.59 Å². The van der Waals surface area contributed by atoms with Gasteiger partial charge in [0.15, 0.2) is 0 Å². The first-order valence-electron chi connectivity index (χ1n) is 8.39. The van der Waals surface area contributed by atoms with Gasteiger partial charge < -0.3 is 19.5 Å². The van der Waals surface area contributed by atoms with Crippen LogP contribution in [0.1, 0.15) is 32.0 Å². The van der Waals surface area contributed by atoms with Gasteiger partial charge in [-0.1, -0.05) is 0 Å². The number of fused-ring (bicyclic) bond motifs is 1. The lowest BCUT2D eigenvalue weighted by molar-refractivity contribution is -0.126. The summed E-state index contributed by atoms with van der Waals surface area (Å²) in [4.78, 5) is 30.2. The summed E-state index contributed by atoms with van der Waals surface area (Å²) in [6.07, 6.45) is 6.64. The van der Waals surface area contributed by atoms with Gasteiger partial charge in [-0.2, -0.15) is 0 Å². The molecule has 1 atom stereocenters. The van der Waals surface area contributed by atoms with Crippen LogP contribution in [0.25, 0.3) is 0 Å². The van der Waals surface area contributed by atoms with E-state index >= 15 is 0 Å². The molecule has 1 N–H and O–H groups in total. The number of aromatic nitrogens is 2. The predicted octanol–water partition coefficient (Wildman–Crippen LogP) is 1.18. The lowest BCUT2D eigenvalue weighted by Crippen LogP contribution is -2.48. The lowest BCUT2D eigenvalue weighted by atomic mass is 9.95. The van der Waals surface area contributed by atoms with Crippen LogP contribution >= 0.6 is 0 Å². The van der Waals surface area contributed by atoms with Gasteiger partial charge in [-0.3, -0.25) is 4.79 Å². The third-order valence-corrected chi connectivity index (χ3v) is 4.69. The van der Waals surface area contributed by atoms with Gasteiger partial charge in [-0.15, -0.1) is 0 Å². The molecule has 1 saturated heterocycles. The molecule has 1 unspecified atom stereocenters. The number of hydrogen-bond acceptors (Lipinski definition) is 4. The van der Waals surface area contributed by atoms with Crippen molar-refractivity contribution in [2.24, 2.45) is 5.92 Å². The van der Waals surface area contributed by atoms with E-state index in [1.807, 2.05) is 6.20 Å². The van der Waals surface area contributed by atoms with E-state index in [4.69, 9.17) is 4.74 Å². The minimum atomic E-state index is -0.253. The van der Waals surface area contributed by atoms with Gasteiger partial charge >= 0.3 is 6.09 Å². The second-order valence-electron chi connectivity index (χ2n) is 6.20. The third-order valence-electron chi connectivity index (χ3n) is 4.69. The summed E-state index contributed by atoms with van der Waals surface area (Å²) in [5.41, 5.74) is 0. The number of aryl methyl sites for hydroxylation is 1. The van der Waals surface area contributed by atoms with Gasteiger partial charge in [0.2, 0.25) is 5.91 Å². The summed E-state index contributed by atoms with van der Waals surface area (Å²) >= 11 is 0. The van der Waals surface area contributed by atoms with Gasteiger partial charge in [-0.05, 0) is 26.2 Å². The maximum absolute atomic E-state index is 12.5. The van der Waals surface area contributed by atoms with Crippen molar-refractivity contribution in [1.82, 2.24) is 19.8 Å². The summed E-state index contributed by atoms with van der Waals surface area (Å²) in [6, 6.07) is 0.148. The molecule has 0 aromatic carbocycles. The topological polar surface area (TPSA) is 76.5 Å². The molecule has 0 bridgehead atoms. The quantitative estimate of drug-likeness (QED) is 0.907. The molecule has 0 radical (unpaired) electrons. The number of amides is 2. The van der Waals surface area contributed by atoms with Crippen molar-refractivity contribution >= 4 is 12.0 Å². The van der Waals surface area contributed by atoms with E-state index in [1.165, 1.54) is 0 Å². The Morgan fingerprint density at radius 1 is 1.30 bits per heavy atom. The first-order valence-corrected chi connectivity index (χ1v) is 8.39. The van der Waals surface area contributed by atoms with Crippen molar-refractivity contribution in [2.75, 3.05) is 19.7 Å². The van der Waals surface area contributed by atoms with Crippen LogP contribution in [0, 0.1) is 5.92 Å². The molecule has 23 heavy (non-hydrogen) atoms. The highest BCUT2D eigenvalue weighted by Crippen LogP contribution is 2.20. The normalized spacial score (nSPS) is 21.6. The molecule has 2 aliphatic rings. The van der Waals surface area contributed by atoms with E-state index in [-0.39, 0.29) is 24.0 Å². The average Bonchev–Trinajstić information content (AvgIpc) is 3.03. The summed E-state index contributed by atoms with van der Waals surface area (Å²) in [7, 11) is 0. The molecule has 3 rings (SSSR count). The minimum Gasteiger partial charge on any atom is -0.450 e. The van der Waals surface area contributed by atoms with E-state index < -0.39 is 0 Å². The van der Waals surface area contributed by atoms with Gasteiger partial charge in [-0.25, -0.2) is 9.78 Å². The fraction of sp³-hybridized carbons (Fsp3) is 0.688. The maximum atomic E-state index is 12.5. The second kappa shape index (κ2) is 7.02. The summed E-state index contributed by atoms with van der Waals surface area (Å²) in [5.74, 6) is 1.12. The van der Waals surface area contributed by atoms with E-state index in [0.717, 1.165) is 31.6 Å². The van der Waals surface area contributed by atoms with Crippen molar-refractivity contribution in [3.8, 4) is 0 Å². The summed E-state index contributed by atoms with van der Waals surface area (Å²) in [6.45, 7) is 4.33. The first kappa shape index (κ1) is 15.8. The van der Waals surface area contributed by atoms with Crippen LogP contribution < -0.4 is 5.32 Å². The molecule has 7 heteroatoms. The highest BCUT2D eigenvalue weighted by Gasteiger charge is 2.29. The molecule has 1 aromatic heterocycles. The Morgan fingerprint density at radius 2 is 2.09 bits per heavy atom. The van der Waals surface area contributed by atoms with Crippen LogP contribution in [-0.2, 0) is 22.5 Å². The van der Waals surface area contributed by atoms with E-state index in [2.05, 4.69) is 14.9 Å². The molecule has 7 nitrogen and oxygen atoms in total. The SMILES string of the molecule is CCOC(=O)N1CCC(NC(=O)C2CCn3ccnc3C2)CC1. The Morgan fingerprint density at radius 3 is 2.83 bits per heavy atom. The lowest BCUT2D eigenvalue weighted by Gasteiger charge is -2.33. The Hall–Kier alpha value is -2.05. The Bertz CT molecular complexity index is 563. The highest BCUT2D eigenvalue weighted by atomic mass is 16.6. The van der Waals surface area contributed by atoms with E-state index in [1.54, 1.807) is 18.0 Å². The van der Waals surface area contributed by atoms with E-state index in [0.29, 0.717) is 26.1 Å². The molecule has 0 saturated carbocycles. The maximum Gasteiger partial charge on any atom is 0.409 e. The Balaban J connectivity index is 1.46. The highest BCUT2D eigenvalue weighted by molar-refractivity contribution is 5.79.